The summed E-state index contributed by atoms with van der Waals surface area (Å²) in [7, 11) is 1.78. The summed E-state index contributed by atoms with van der Waals surface area (Å²) in [5.74, 6) is 0.770. The van der Waals surface area contributed by atoms with Crippen LogP contribution in [0.5, 0.6) is 0 Å². The fraction of sp³-hybridized carbons (Fsp3) is 0.529. The zero-order chi connectivity index (χ0) is 16.3. The first-order valence-electron chi connectivity index (χ1n) is 7.79. The summed E-state index contributed by atoms with van der Waals surface area (Å²) >= 11 is 5.96. The molecule has 1 saturated carbocycles. The van der Waals surface area contributed by atoms with Gasteiger partial charge in [-0.15, -0.1) is 0 Å². The molecule has 22 heavy (non-hydrogen) atoms. The Hall–Kier alpha value is -1.55. The lowest BCUT2D eigenvalue weighted by molar-refractivity contribution is -0.123. The first-order chi connectivity index (χ1) is 10.5. The molecule has 0 unspecified atom stereocenters. The minimum atomic E-state index is 0.0176. The molecule has 120 valence electrons. The molecule has 0 atom stereocenters. The van der Waals surface area contributed by atoms with Gasteiger partial charge in [-0.2, -0.15) is 0 Å². The van der Waals surface area contributed by atoms with Crippen LogP contribution in [-0.2, 0) is 4.79 Å². The summed E-state index contributed by atoms with van der Waals surface area (Å²) in [5.41, 5.74) is 1.58. The van der Waals surface area contributed by atoms with Crippen LogP contribution in [0.4, 0.5) is 0 Å². The molecule has 1 aliphatic heterocycles. The summed E-state index contributed by atoms with van der Waals surface area (Å²) in [4.78, 5) is 21.0. The van der Waals surface area contributed by atoms with E-state index in [4.69, 9.17) is 11.6 Å². The van der Waals surface area contributed by atoms with E-state index in [-0.39, 0.29) is 11.1 Å². The molecule has 1 aliphatic carbocycles. The minimum absolute atomic E-state index is 0.0176. The molecule has 0 aromatic heterocycles. The van der Waals surface area contributed by atoms with E-state index in [9.17, 15) is 4.79 Å². The van der Waals surface area contributed by atoms with Crippen LogP contribution in [0.25, 0.3) is 0 Å². The molecule has 1 amide bonds. The molecule has 2 aliphatic rings. The molecule has 1 saturated heterocycles. The third kappa shape index (κ3) is 3.27. The van der Waals surface area contributed by atoms with Gasteiger partial charge < -0.3 is 9.80 Å². The maximum atomic E-state index is 12.6. The lowest BCUT2D eigenvalue weighted by atomic mass is 10.1. The third-order valence-electron chi connectivity index (χ3n) is 4.40. The standard InChI is InChI=1S/C17H24ClN3O/c1-5-13-11-21(14-9-7-8-10-14)16(19-12(3)18)15(6-2)20(4)17(13)22/h5-6,14H,3,7-11H2,1-2,4H3/b13-5+,15-6+,19-16+. The fourth-order valence-corrected chi connectivity index (χ4v) is 3.32. The average molecular weight is 322 g/mol. The van der Waals surface area contributed by atoms with Gasteiger partial charge in [0, 0.05) is 25.2 Å². The van der Waals surface area contributed by atoms with Gasteiger partial charge in [-0.05, 0) is 26.7 Å². The summed E-state index contributed by atoms with van der Waals surface area (Å²) < 4.78 is 0. The maximum absolute atomic E-state index is 12.6. The molecule has 0 bridgehead atoms. The number of likely N-dealkylation sites (N-methyl/N-ethyl adjacent to an activating group) is 1. The summed E-state index contributed by atoms with van der Waals surface area (Å²) in [5, 5.41) is 0.238. The summed E-state index contributed by atoms with van der Waals surface area (Å²) in [6.45, 7) is 8.10. The highest BCUT2D eigenvalue weighted by Gasteiger charge is 2.35. The summed E-state index contributed by atoms with van der Waals surface area (Å²) in [6.07, 6.45) is 8.50. The molecule has 0 aromatic carbocycles. The van der Waals surface area contributed by atoms with Gasteiger partial charge in [0.25, 0.3) is 5.91 Å². The van der Waals surface area contributed by atoms with E-state index < -0.39 is 0 Å². The van der Waals surface area contributed by atoms with Gasteiger partial charge in [0.05, 0.1) is 5.70 Å². The fourth-order valence-electron chi connectivity index (χ4n) is 3.24. The van der Waals surface area contributed by atoms with E-state index in [1.807, 2.05) is 26.0 Å². The predicted molar refractivity (Wildman–Crippen MR) is 91.7 cm³/mol. The molecule has 2 fully saturated rings. The van der Waals surface area contributed by atoms with Crippen molar-refractivity contribution < 1.29 is 4.79 Å². The Morgan fingerprint density at radius 3 is 2.45 bits per heavy atom. The monoisotopic (exact) mass is 321 g/mol. The quantitative estimate of drug-likeness (QED) is 0.575. The van der Waals surface area contributed by atoms with Crippen LogP contribution < -0.4 is 0 Å². The Kier molecular flexibility index (Phi) is 5.46. The zero-order valence-electron chi connectivity index (χ0n) is 13.6. The lowest BCUT2D eigenvalue weighted by Gasteiger charge is -2.31. The van der Waals surface area contributed by atoms with E-state index in [1.165, 1.54) is 12.8 Å². The molecule has 2 rings (SSSR count). The van der Waals surface area contributed by atoms with E-state index in [0.717, 1.165) is 29.9 Å². The first-order valence-corrected chi connectivity index (χ1v) is 8.17. The van der Waals surface area contributed by atoms with Crippen molar-refractivity contribution in [3.05, 3.63) is 35.2 Å². The molecule has 0 N–H and O–H groups in total. The second-order valence-electron chi connectivity index (χ2n) is 5.73. The number of carbonyl (C=O) groups is 1. The Bertz CT molecular complexity index is 556. The van der Waals surface area contributed by atoms with Crippen LogP contribution in [0.2, 0.25) is 0 Å². The second-order valence-corrected chi connectivity index (χ2v) is 6.17. The van der Waals surface area contributed by atoms with Crippen LogP contribution in [0.1, 0.15) is 39.5 Å². The normalized spacial score (nSPS) is 26.4. The van der Waals surface area contributed by atoms with Crippen molar-refractivity contribution >= 4 is 23.3 Å². The van der Waals surface area contributed by atoms with Gasteiger partial charge in [0.1, 0.15) is 5.16 Å². The van der Waals surface area contributed by atoms with E-state index in [1.54, 1.807) is 11.9 Å². The number of amidine groups is 1. The second kappa shape index (κ2) is 7.14. The van der Waals surface area contributed by atoms with Crippen LogP contribution in [0.15, 0.2) is 40.1 Å². The Balaban J connectivity index is 2.54. The highest BCUT2D eigenvalue weighted by molar-refractivity contribution is 6.30. The molecule has 5 heteroatoms. The zero-order valence-corrected chi connectivity index (χ0v) is 14.4. The van der Waals surface area contributed by atoms with Crippen LogP contribution in [0, 0.1) is 0 Å². The van der Waals surface area contributed by atoms with Crippen molar-refractivity contribution in [2.75, 3.05) is 13.6 Å². The molecular formula is C17H24ClN3O. The average Bonchev–Trinajstić information content (AvgIpc) is 2.98. The topological polar surface area (TPSA) is 35.9 Å². The molecule has 0 spiro atoms. The largest absolute Gasteiger partial charge is 0.347 e. The number of hydrogen-bond donors (Lipinski definition) is 0. The highest BCUT2D eigenvalue weighted by Crippen LogP contribution is 2.29. The van der Waals surface area contributed by atoms with Gasteiger partial charge in [-0.25, -0.2) is 4.99 Å². The Morgan fingerprint density at radius 2 is 1.95 bits per heavy atom. The maximum Gasteiger partial charge on any atom is 0.255 e. The predicted octanol–water partition coefficient (Wildman–Crippen LogP) is 3.66. The van der Waals surface area contributed by atoms with Gasteiger partial charge in [0.2, 0.25) is 0 Å². The number of rotatable bonds is 2. The molecule has 4 nitrogen and oxygen atoms in total. The summed E-state index contributed by atoms with van der Waals surface area (Å²) in [6, 6.07) is 0.402. The van der Waals surface area contributed by atoms with Gasteiger partial charge in [-0.1, -0.05) is 43.2 Å². The smallest absolute Gasteiger partial charge is 0.255 e. The van der Waals surface area contributed by atoms with E-state index in [0.29, 0.717) is 12.6 Å². The number of allylic oxidation sites excluding steroid dienone is 2. The Labute approximate surface area is 137 Å². The first kappa shape index (κ1) is 16.8. The van der Waals surface area contributed by atoms with Gasteiger partial charge >= 0.3 is 0 Å². The van der Waals surface area contributed by atoms with E-state index >= 15 is 0 Å². The van der Waals surface area contributed by atoms with Crippen molar-refractivity contribution in [3.8, 4) is 0 Å². The number of hydrogen-bond acceptors (Lipinski definition) is 2. The highest BCUT2D eigenvalue weighted by atomic mass is 35.5. The van der Waals surface area contributed by atoms with Crippen LogP contribution in [-0.4, -0.2) is 41.2 Å². The molecular weight excluding hydrogens is 298 g/mol. The van der Waals surface area contributed by atoms with Gasteiger partial charge in [-0.3, -0.25) is 4.79 Å². The third-order valence-corrected chi connectivity index (χ3v) is 4.48. The van der Waals surface area contributed by atoms with Crippen molar-refractivity contribution in [2.24, 2.45) is 4.99 Å². The van der Waals surface area contributed by atoms with Crippen molar-refractivity contribution in [1.29, 1.82) is 0 Å². The van der Waals surface area contributed by atoms with Gasteiger partial charge in [0.15, 0.2) is 5.84 Å². The molecule has 0 radical (unpaired) electrons. The van der Waals surface area contributed by atoms with Crippen molar-refractivity contribution in [3.63, 3.8) is 0 Å². The number of halogens is 1. The Morgan fingerprint density at radius 1 is 1.32 bits per heavy atom. The molecule has 0 aromatic rings. The van der Waals surface area contributed by atoms with Crippen molar-refractivity contribution in [2.45, 2.75) is 45.6 Å². The number of nitrogens with zero attached hydrogens (tertiary/aromatic N) is 3. The van der Waals surface area contributed by atoms with Crippen LogP contribution in [0.3, 0.4) is 0 Å². The van der Waals surface area contributed by atoms with E-state index in [2.05, 4.69) is 16.5 Å². The number of carbonyl (C=O) groups excluding carboxylic acids is 1. The lowest BCUT2D eigenvalue weighted by Crippen LogP contribution is -2.41. The molecule has 1 heterocycles. The number of amides is 1. The van der Waals surface area contributed by atoms with Crippen molar-refractivity contribution in [1.82, 2.24) is 9.80 Å². The number of aliphatic imine (C=N–C) groups is 1. The minimum Gasteiger partial charge on any atom is -0.347 e. The SMILES string of the molecule is C=C(Cl)/N=C1\C(=C/C)N(C)C(=O)/C(=C/C)CN1C1CCCC1. The van der Waals surface area contributed by atoms with Crippen LogP contribution >= 0.6 is 11.6 Å².